The summed E-state index contributed by atoms with van der Waals surface area (Å²) in [6.07, 6.45) is 6.98. The van der Waals surface area contributed by atoms with Crippen molar-refractivity contribution in [3.8, 4) is 16.9 Å². The van der Waals surface area contributed by atoms with E-state index in [1.165, 1.54) is 23.7 Å². The number of aromatic nitrogens is 5. The number of thiazole rings is 1. The van der Waals surface area contributed by atoms with Crippen LogP contribution >= 0.6 is 22.9 Å². The maximum Gasteiger partial charge on any atom is 0.259 e. The average molecular weight is 539 g/mol. The average Bonchev–Trinajstić information content (AvgIpc) is 3.30. The zero-order chi connectivity index (χ0) is 26.1. The summed E-state index contributed by atoms with van der Waals surface area (Å²) in [6.45, 7) is 3.71. The van der Waals surface area contributed by atoms with Crippen LogP contribution in [-0.2, 0) is 0 Å². The molecule has 0 radical (unpaired) electrons. The lowest BCUT2D eigenvalue weighted by Crippen LogP contribution is -2.42. The van der Waals surface area contributed by atoms with E-state index in [0.29, 0.717) is 49.2 Å². The topological polar surface area (TPSA) is 109 Å². The molecule has 1 amide bonds. The van der Waals surface area contributed by atoms with Crippen molar-refractivity contribution in [3.05, 3.63) is 47.1 Å². The highest BCUT2D eigenvalue weighted by atomic mass is 35.5. The standard InChI is InChI=1S/C25H27ClN8O2S/c1-14-9-16(17-10-20(26)28-12-19(17)36-4)18(11-27-14)23(35)32-25-31-22-24(37-25)30-21(13-29-22)34-7-5-15(6-8-34)33(2)3/h9-13,15H,5-8H2,1-4H3,(H,29,31,32,35). The van der Waals surface area contributed by atoms with Gasteiger partial charge < -0.3 is 14.5 Å². The third-order valence-corrected chi connectivity index (χ3v) is 7.54. The maximum atomic E-state index is 13.4. The van der Waals surface area contributed by atoms with Crippen molar-refractivity contribution in [2.24, 2.45) is 0 Å². The van der Waals surface area contributed by atoms with Gasteiger partial charge in [-0.15, -0.1) is 0 Å². The van der Waals surface area contributed by atoms with Gasteiger partial charge in [0.15, 0.2) is 15.6 Å². The van der Waals surface area contributed by atoms with Gasteiger partial charge in [0, 0.05) is 42.1 Å². The highest BCUT2D eigenvalue weighted by molar-refractivity contribution is 7.21. The molecule has 192 valence electrons. The van der Waals surface area contributed by atoms with E-state index in [9.17, 15) is 4.79 Å². The first-order valence-electron chi connectivity index (χ1n) is 11.8. The number of anilines is 2. The van der Waals surface area contributed by atoms with Gasteiger partial charge in [0.25, 0.3) is 5.91 Å². The molecule has 1 fully saturated rings. The smallest absolute Gasteiger partial charge is 0.259 e. The lowest BCUT2D eigenvalue weighted by atomic mass is 10.0. The van der Waals surface area contributed by atoms with Crippen LogP contribution in [0.15, 0.2) is 30.7 Å². The molecule has 5 rings (SSSR count). The monoisotopic (exact) mass is 538 g/mol. The SMILES string of the molecule is COc1cnc(Cl)cc1-c1cc(C)ncc1C(=O)Nc1nc2ncc(N3CCC(N(C)C)CC3)nc2s1. The third-order valence-electron chi connectivity index (χ3n) is 6.48. The lowest BCUT2D eigenvalue weighted by Gasteiger charge is -2.35. The van der Waals surface area contributed by atoms with Crippen LogP contribution in [0.1, 0.15) is 28.9 Å². The first-order chi connectivity index (χ1) is 17.8. The van der Waals surface area contributed by atoms with E-state index < -0.39 is 0 Å². The summed E-state index contributed by atoms with van der Waals surface area (Å²) >= 11 is 7.44. The molecule has 1 saturated heterocycles. The van der Waals surface area contributed by atoms with Gasteiger partial charge in [-0.25, -0.2) is 15.0 Å². The van der Waals surface area contributed by atoms with Gasteiger partial charge in [-0.1, -0.05) is 22.9 Å². The van der Waals surface area contributed by atoms with E-state index >= 15 is 0 Å². The minimum atomic E-state index is -0.359. The fraction of sp³-hybridized carbons (Fsp3) is 0.360. The number of pyridine rings is 2. The minimum Gasteiger partial charge on any atom is -0.494 e. The Morgan fingerprint density at radius 3 is 2.62 bits per heavy atom. The second kappa shape index (κ2) is 10.5. The Balaban J connectivity index is 1.39. The second-order valence-electron chi connectivity index (χ2n) is 9.09. The number of nitrogens with one attached hydrogen (secondary N) is 1. The van der Waals surface area contributed by atoms with Crippen LogP contribution in [0.2, 0.25) is 5.15 Å². The quantitative estimate of drug-likeness (QED) is 0.359. The fourth-order valence-corrected chi connectivity index (χ4v) is 5.39. The predicted octanol–water partition coefficient (Wildman–Crippen LogP) is 4.30. The molecular weight excluding hydrogens is 512 g/mol. The molecule has 1 aliphatic heterocycles. The molecule has 4 aromatic rings. The predicted molar refractivity (Wildman–Crippen MR) is 146 cm³/mol. The summed E-state index contributed by atoms with van der Waals surface area (Å²) in [7, 11) is 5.79. The molecule has 0 unspecified atom stereocenters. The number of piperidine rings is 1. The van der Waals surface area contributed by atoms with E-state index in [0.717, 1.165) is 37.4 Å². The Kier molecular flexibility index (Phi) is 7.18. The second-order valence-corrected chi connectivity index (χ2v) is 10.5. The molecular formula is C25H27ClN8O2S. The number of amides is 1. The summed E-state index contributed by atoms with van der Waals surface area (Å²) in [5.41, 5.74) is 2.88. The van der Waals surface area contributed by atoms with Gasteiger partial charge in [0.2, 0.25) is 0 Å². The number of fused-ring (bicyclic) bond motifs is 1. The van der Waals surface area contributed by atoms with Crippen molar-refractivity contribution in [1.82, 2.24) is 29.8 Å². The van der Waals surface area contributed by atoms with E-state index in [-0.39, 0.29) is 5.91 Å². The van der Waals surface area contributed by atoms with Crippen LogP contribution in [0.25, 0.3) is 21.6 Å². The molecule has 37 heavy (non-hydrogen) atoms. The molecule has 0 spiro atoms. The third kappa shape index (κ3) is 5.34. The van der Waals surface area contributed by atoms with Gasteiger partial charge in [0.05, 0.1) is 25.1 Å². The molecule has 1 N–H and O–H groups in total. The van der Waals surface area contributed by atoms with E-state index in [1.807, 2.05) is 13.0 Å². The molecule has 1 aliphatic rings. The Morgan fingerprint density at radius 1 is 1.11 bits per heavy atom. The number of aryl methyl sites for hydroxylation is 1. The zero-order valence-corrected chi connectivity index (χ0v) is 22.6. The van der Waals surface area contributed by atoms with Crippen molar-refractivity contribution in [1.29, 1.82) is 0 Å². The van der Waals surface area contributed by atoms with Gasteiger partial charge in [-0.05, 0) is 46.0 Å². The largest absolute Gasteiger partial charge is 0.494 e. The van der Waals surface area contributed by atoms with Crippen LogP contribution in [0.5, 0.6) is 5.75 Å². The molecule has 5 heterocycles. The number of methoxy groups -OCH3 is 1. The van der Waals surface area contributed by atoms with Crippen molar-refractivity contribution in [2.75, 3.05) is 44.5 Å². The molecule has 0 aromatic carbocycles. The Hall–Kier alpha value is -3.41. The summed E-state index contributed by atoms with van der Waals surface area (Å²) in [5.74, 6) is 0.972. The molecule has 0 saturated carbocycles. The van der Waals surface area contributed by atoms with Crippen molar-refractivity contribution in [2.45, 2.75) is 25.8 Å². The highest BCUT2D eigenvalue weighted by Crippen LogP contribution is 2.34. The number of halogens is 1. The first-order valence-corrected chi connectivity index (χ1v) is 13.0. The van der Waals surface area contributed by atoms with Gasteiger partial charge in [-0.3, -0.25) is 15.1 Å². The zero-order valence-electron chi connectivity index (χ0n) is 21.0. The van der Waals surface area contributed by atoms with E-state index in [4.69, 9.17) is 21.3 Å². The van der Waals surface area contributed by atoms with Crippen LogP contribution in [-0.4, -0.2) is 76.1 Å². The van der Waals surface area contributed by atoms with Crippen molar-refractivity contribution >= 4 is 50.3 Å². The van der Waals surface area contributed by atoms with Gasteiger partial charge in [-0.2, -0.15) is 4.98 Å². The van der Waals surface area contributed by atoms with Crippen molar-refractivity contribution in [3.63, 3.8) is 0 Å². The first kappa shape index (κ1) is 25.2. The molecule has 0 atom stereocenters. The Labute approximate surface area is 223 Å². The normalized spacial score (nSPS) is 14.4. The van der Waals surface area contributed by atoms with Crippen LogP contribution < -0.4 is 15.0 Å². The van der Waals surface area contributed by atoms with Gasteiger partial charge in [0.1, 0.15) is 16.7 Å². The van der Waals surface area contributed by atoms with Crippen LogP contribution in [0.4, 0.5) is 10.9 Å². The number of nitrogens with zero attached hydrogens (tertiary/aromatic N) is 7. The molecule has 12 heteroatoms. The highest BCUT2D eigenvalue weighted by Gasteiger charge is 2.23. The number of carbonyl (C=O) groups is 1. The molecule has 4 aromatic heterocycles. The van der Waals surface area contributed by atoms with E-state index in [1.54, 1.807) is 19.4 Å². The number of carbonyl (C=O) groups excluding carboxylic acids is 1. The van der Waals surface area contributed by atoms with Crippen molar-refractivity contribution < 1.29 is 9.53 Å². The molecule has 10 nitrogen and oxygen atoms in total. The number of hydrogen-bond donors (Lipinski definition) is 1. The fourth-order valence-electron chi connectivity index (χ4n) is 4.45. The van der Waals surface area contributed by atoms with E-state index in [2.05, 4.69) is 49.1 Å². The summed E-state index contributed by atoms with van der Waals surface area (Å²) in [4.78, 5) is 40.7. The summed E-state index contributed by atoms with van der Waals surface area (Å²) in [6, 6.07) is 4.07. The molecule has 0 bridgehead atoms. The Bertz CT molecular complexity index is 1450. The van der Waals surface area contributed by atoms with Gasteiger partial charge >= 0.3 is 0 Å². The summed E-state index contributed by atoms with van der Waals surface area (Å²) < 4.78 is 5.46. The number of rotatable bonds is 6. The number of hydrogen-bond acceptors (Lipinski definition) is 10. The maximum absolute atomic E-state index is 13.4. The summed E-state index contributed by atoms with van der Waals surface area (Å²) in [5, 5.41) is 3.59. The van der Waals surface area contributed by atoms with Crippen LogP contribution in [0.3, 0.4) is 0 Å². The molecule has 0 aliphatic carbocycles. The minimum absolute atomic E-state index is 0.293. The lowest BCUT2D eigenvalue weighted by molar-refractivity contribution is 0.102. The number of ether oxygens (including phenoxy) is 1. The van der Waals surface area contributed by atoms with Crippen LogP contribution in [0, 0.1) is 6.92 Å². The Morgan fingerprint density at radius 2 is 1.89 bits per heavy atom.